The molecule has 1 fully saturated rings. The van der Waals surface area contributed by atoms with E-state index >= 15 is 0 Å². The number of methoxy groups -OCH3 is 2. The third-order valence-electron chi connectivity index (χ3n) is 4.51. The van der Waals surface area contributed by atoms with Crippen LogP contribution in [0.5, 0.6) is 5.75 Å². The highest BCUT2D eigenvalue weighted by Gasteiger charge is 2.37. The molecule has 0 aliphatic carbocycles. The van der Waals surface area contributed by atoms with Gasteiger partial charge in [-0.1, -0.05) is 0 Å². The Morgan fingerprint density at radius 1 is 1.32 bits per heavy atom. The van der Waals surface area contributed by atoms with Gasteiger partial charge >= 0.3 is 11.9 Å². The highest BCUT2D eigenvalue weighted by molar-refractivity contribution is 5.97. The van der Waals surface area contributed by atoms with Crippen LogP contribution in [0.3, 0.4) is 0 Å². The van der Waals surface area contributed by atoms with Gasteiger partial charge in [0, 0.05) is 17.5 Å². The zero-order valence-corrected chi connectivity index (χ0v) is 14.8. The van der Waals surface area contributed by atoms with E-state index in [1.807, 2.05) is 19.9 Å². The summed E-state index contributed by atoms with van der Waals surface area (Å²) in [5, 5.41) is 0. The molecule has 0 spiro atoms. The molecular weight excluding hydrogens is 328 g/mol. The molecule has 0 radical (unpaired) electrons. The molecule has 2 aliphatic heterocycles. The fraction of sp³-hybridized carbons (Fsp3) is 0.556. The molecular formula is C18H22O7. The van der Waals surface area contributed by atoms with Crippen LogP contribution >= 0.6 is 0 Å². The van der Waals surface area contributed by atoms with Crippen molar-refractivity contribution in [3.8, 4) is 5.75 Å². The second kappa shape index (κ2) is 7.01. The summed E-state index contributed by atoms with van der Waals surface area (Å²) >= 11 is 0. The van der Waals surface area contributed by atoms with Gasteiger partial charge in [-0.15, -0.1) is 0 Å². The van der Waals surface area contributed by atoms with E-state index in [9.17, 15) is 9.59 Å². The molecule has 1 aromatic rings. The van der Waals surface area contributed by atoms with Crippen LogP contribution in [0.2, 0.25) is 0 Å². The van der Waals surface area contributed by atoms with Gasteiger partial charge in [-0.25, -0.2) is 4.79 Å². The summed E-state index contributed by atoms with van der Waals surface area (Å²) in [6.07, 6.45) is -0.320. The molecule has 0 amide bonds. The maximum absolute atomic E-state index is 12.1. The molecule has 136 valence electrons. The van der Waals surface area contributed by atoms with Crippen molar-refractivity contribution >= 4 is 11.9 Å². The first kappa shape index (κ1) is 17.7. The fourth-order valence-corrected chi connectivity index (χ4v) is 3.37. The number of carbonyl (C=O) groups excluding carboxylic acids is 2. The smallest absolute Gasteiger partial charge is 0.342 e. The van der Waals surface area contributed by atoms with Gasteiger partial charge < -0.3 is 23.7 Å². The number of hydrogen-bond acceptors (Lipinski definition) is 7. The third-order valence-corrected chi connectivity index (χ3v) is 4.51. The van der Waals surface area contributed by atoms with Gasteiger partial charge in [0.1, 0.15) is 17.9 Å². The molecule has 3 rings (SSSR count). The highest BCUT2D eigenvalue weighted by atomic mass is 16.7. The van der Waals surface area contributed by atoms with Crippen LogP contribution in [-0.2, 0) is 30.3 Å². The normalized spacial score (nSPS) is 25.3. The summed E-state index contributed by atoms with van der Waals surface area (Å²) in [6.45, 7) is 3.93. The lowest BCUT2D eigenvalue weighted by molar-refractivity contribution is -0.245. The summed E-state index contributed by atoms with van der Waals surface area (Å²) < 4.78 is 27.2. The van der Waals surface area contributed by atoms with Gasteiger partial charge in [0.15, 0.2) is 6.29 Å². The number of hydrogen-bond donors (Lipinski definition) is 0. The molecule has 2 heterocycles. The summed E-state index contributed by atoms with van der Waals surface area (Å²) in [7, 11) is 2.88. The molecule has 0 aromatic heterocycles. The van der Waals surface area contributed by atoms with Gasteiger partial charge in [-0.3, -0.25) is 4.79 Å². The summed E-state index contributed by atoms with van der Waals surface area (Å²) in [5.74, 6) is -0.226. The molecule has 25 heavy (non-hydrogen) atoms. The zero-order chi connectivity index (χ0) is 18.1. The molecule has 3 atom stereocenters. The van der Waals surface area contributed by atoms with Crippen LogP contribution in [0.15, 0.2) is 6.07 Å². The van der Waals surface area contributed by atoms with Gasteiger partial charge in [0.05, 0.1) is 32.8 Å². The molecule has 0 bridgehead atoms. The predicted octanol–water partition coefficient (Wildman–Crippen LogP) is 2.43. The highest BCUT2D eigenvalue weighted by Crippen LogP contribution is 2.41. The first-order chi connectivity index (χ1) is 11.9. The Balaban J connectivity index is 1.94. The zero-order valence-electron chi connectivity index (χ0n) is 14.8. The van der Waals surface area contributed by atoms with E-state index in [4.69, 9.17) is 23.7 Å². The number of cyclic esters (lactones) is 1. The average Bonchev–Trinajstić information content (AvgIpc) is 2.95. The van der Waals surface area contributed by atoms with Crippen LogP contribution in [0.4, 0.5) is 0 Å². The van der Waals surface area contributed by atoms with E-state index in [0.29, 0.717) is 23.3 Å². The Kier molecular flexibility index (Phi) is 4.96. The van der Waals surface area contributed by atoms with Crippen molar-refractivity contribution in [3.05, 3.63) is 28.3 Å². The topological polar surface area (TPSA) is 80.3 Å². The quantitative estimate of drug-likeness (QED) is 0.772. The van der Waals surface area contributed by atoms with Gasteiger partial charge in [0.25, 0.3) is 0 Å². The lowest BCUT2D eigenvalue weighted by Crippen LogP contribution is -2.34. The fourth-order valence-electron chi connectivity index (χ4n) is 3.37. The maximum Gasteiger partial charge on any atom is 0.342 e. The number of ether oxygens (including phenoxy) is 5. The SMILES string of the molecule is COC(=O)C[C@H]1C[C@@H](C)O[C@@H](c2cc(C)c(OC)c3c2COC3=O)O1. The number of fused-ring (bicyclic) bond motifs is 1. The van der Waals surface area contributed by atoms with Crippen LogP contribution in [0, 0.1) is 6.92 Å². The Bertz CT molecular complexity index is 697. The Morgan fingerprint density at radius 3 is 2.76 bits per heavy atom. The largest absolute Gasteiger partial charge is 0.496 e. The second-order valence-electron chi connectivity index (χ2n) is 6.30. The van der Waals surface area contributed by atoms with Crippen molar-refractivity contribution in [2.75, 3.05) is 14.2 Å². The van der Waals surface area contributed by atoms with Crippen molar-refractivity contribution in [3.63, 3.8) is 0 Å². The van der Waals surface area contributed by atoms with E-state index in [1.54, 1.807) is 0 Å². The molecule has 0 N–H and O–H groups in total. The molecule has 1 aromatic carbocycles. The summed E-state index contributed by atoms with van der Waals surface area (Å²) in [5.41, 5.74) is 2.67. The Labute approximate surface area is 146 Å². The maximum atomic E-state index is 12.1. The lowest BCUT2D eigenvalue weighted by Gasteiger charge is -2.35. The molecule has 0 saturated carbocycles. The molecule has 1 saturated heterocycles. The van der Waals surface area contributed by atoms with Gasteiger partial charge in [-0.2, -0.15) is 0 Å². The van der Waals surface area contributed by atoms with E-state index in [1.165, 1.54) is 14.2 Å². The predicted molar refractivity (Wildman–Crippen MR) is 86.3 cm³/mol. The van der Waals surface area contributed by atoms with Crippen LogP contribution < -0.4 is 4.74 Å². The molecule has 2 aliphatic rings. The van der Waals surface area contributed by atoms with E-state index < -0.39 is 12.3 Å². The number of esters is 2. The minimum absolute atomic E-state index is 0.0931. The third kappa shape index (κ3) is 3.34. The van der Waals surface area contributed by atoms with Gasteiger partial charge in [-0.05, 0) is 25.5 Å². The first-order valence-electron chi connectivity index (χ1n) is 8.19. The Hall–Kier alpha value is -2.12. The van der Waals surface area contributed by atoms with Crippen molar-refractivity contribution in [1.29, 1.82) is 0 Å². The minimum Gasteiger partial charge on any atom is -0.496 e. The van der Waals surface area contributed by atoms with Crippen molar-refractivity contribution in [2.45, 2.75) is 51.8 Å². The first-order valence-corrected chi connectivity index (χ1v) is 8.19. The van der Waals surface area contributed by atoms with Gasteiger partial charge in [0.2, 0.25) is 0 Å². The van der Waals surface area contributed by atoms with Crippen molar-refractivity contribution in [2.24, 2.45) is 0 Å². The molecule has 7 heteroatoms. The van der Waals surface area contributed by atoms with Crippen molar-refractivity contribution < 1.29 is 33.3 Å². The Morgan fingerprint density at radius 2 is 2.08 bits per heavy atom. The molecule has 0 unspecified atom stereocenters. The number of rotatable bonds is 4. The second-order valence-corrected chi connectivity index (χ2v) is 6.30. The number of benzene rings is 1. The van der Waals surface area contributed by atoms with Crippen LogP contribution in [0.25, 0.3) is 0 Å². The minimum atomic E-state index is -0.675. The van der Waals surface area contributed by atoms with E-state index in [-0.39, 0.29) is 31.2 Å². The van der Waals surface area contributed by atoms with Crippen LogP contribution in [0.1, 0.15) is 53.1 Å². The lowest BCUT2D eigenvalue weighted by atomic mass is 9.97. The van der Waals surface area contributed by atoms with Crippen LogP contribution in [-0.4, -0.2) is 38.4 Å². The number of carbonyl (C=O) groups is 2. The number of aryl methyl sites for hydroxylation is 1. The monoisotopic (exact) mass is 350 g/mol. The average molecular weight is 350 g/mol. The van der Waals surface area contributed by atoms with Crippen molar-refractivity contribution in [1.82, 2.24) is 0 Å². The molecule has 7 nitrogen and oxygen atoms in total. The summed E-state index contributed by atoms with van der Waals surface area (Å²) in [6, 6.07) is 1.89. The van der Waals surface area contributed by atoms with E-state index in [0.717, 1.165) is 11.1 Å². The summed E-state index contributed by atoms with van der Waals surface area (Å²) in [4.78, 5) is 23.7. The van der Waals surface area contributed by atoms with E-state index in [2.05, 4.69) is 0 Å². The standard InChI is InChI=1S/C18H22O7/c1-9-5-12(13-8-23-17(20)15(13)16(9)22-4)18-24-10(2)6-11(25-18)7-14(19)21-3/h5,10-11,18H,6-8H2,1-4H3/t10-,11-,18-/m1/s1.